The number of amides is 1. The van der Waals surface area contributed by atoms with E-state index in [1.165, 1.54) is 11.1 Å². The van der Waals surface area contributed by atoms with Crippen LogP contribution in [-0.4, -0.2) is 18.0 Å². The first kappa shape index (κ1) is 17.0. The summed E-state index contributed by atoms with van der Waals surface area (Å²) in [5.74, 6) is -0.00856. The molecule has 1 saturated carbocycles. The summed E-state index contributed by atoms with van der Waals surface area (Å²) in [6.07, 6.45) is 2.67. The number of rotatable bonds is 5. The van der Waals surface area contributed by atoms with Gasteiger partial charge in [-0.05, 0) is 30.4 Å². The van der Waals surface area contributed by atoms with Crippen molar-refractivity contribution in [2.45, 2.75) is 51.0 Å². The minimum Gasteiger partial charge on any atom is -0.354 e. The molecule has 0 spiro atoms. The summed E-state index contributed by atoms with van der Waals surface area (Å²) in [7, 11) is 0. The fraction of sp³-hybridized carbons (Fsp3) is 0.562. The summed E-state index contributed by atoms with van der Waals surface area (Å²) in [6.45, 7) is 7.06. The zero-order chi connectivity index (χ0) is 14.1. The van der Waals surface area contributed by atoms with Crippen molar-refractivity contribution in [1.82, 2.24) is 5.32 Å². The molecule has 1 aromatic carbocycles. The average Bonchev–Trinajstić information content (AvgIpc) is 3.15. The van der Waals surface area contributed by atoms with Crippen molar-refractivity contribution in [2.75, 3.05) is 6.54 Å². The zero-order valence-electron chi connectivity index (χ0n) is 12.5. The van der Waals surface area contributed by atoms with Crippen molar-refractivity contribution >= 4 is 18.3 Å². The Morgan fingerprint density at radius 2 is 1.85 bits per heavy atom. The lowest BCUT2D eigenvalue weighted by molar-refractivity contribution is -0.123. The Morgan fingerprint density at radius 1 is 1.30 bits per heavy atom. The minimum atomic E-state index is -0.581. The number of benzene rings is 1. The van der Waals surface area contributed by atoms with Gasteiger partial charge in [0, 0.05) is 12.0 Å². The third-order valence-corrected chi connectivity index (χ3v) is 4.08. The number of carbonyl (C=O) groups is 1. The Hall–Kier alpha value is -1.06. The average molecular weight is 297 g/mol. The molecule has 0 bridgehead atoms. The fourth-order valence-electron chi connectivity index (χ4n) is 2.13. The summed E-state index contributed by atoms with van der Waals surface area (Å²) in [6, 6.07) is 8.62. The van der Waals surface area contributed by atoms with Crippen LogP contribution in [0, 0.1) is 0 Å². The van der Waals surface area contributed by atoms with Gasteiger partial charge in [-0.2, -0.15) is 0 Å². The van der Waals surface area contributed by atoms with Crippen molar-refractivity contribution in [1.29, 1.82) is 0 Å². The van der Waals surface area contributed by atoms with E-state index >= 15 is 0 Å². The molecule has 1 amide bonds. The van der Waals surface area contributed by atoms with Crippen LogP contribution in [0.2, 0.25) is 0 Å². The molecule has 1 fully saturated rings. The minimum absolute atomic E-state index is 0. The number of nitrogens with two attached hydrogens (primary N) is 1. The van der Waals surface area contributed by atoms with Crippen molar-refractivity contribution in [3.63, 3.8) is 0 Å². The molecular weight excluding hydrogens is 272 g/mol. The summed E-state index contributed by atoms with van der Waals surface area (Å²) >= 11 is 0. The molecule has 1 aliphatic carbocycles. The number of nitrogens with one attached hydrogen (secondary N) is 1. The second kappa shape index (κ2) is 6.15. The van der Waals surface area contributed by atoms with E-state index in [-0.39, 0.29) is 23.7 Å². The molecule has 1 aliphatic rings. The van der Waals surface area contributed by atoms with E-state index < -0.39 is 5.54 Å². The van der Waals surface area contributed by atoms with Gasteiger partial charge in [0.25, 0.3) is 0 Å². The quantitative estimate of drug-likeness (QED) is 0.877. The first-order valence-electron chi connectivity index (χ1n) is 7.04. The Balaban J connectivity index is 0.00000200. The third-order valence-electron chi connectivity index (χ3n) is 4.08. The fourth-order valence-corrected chi connectivity index (χ4v) is 2.13. The van der Waals surface area contributed by atoms with E-state index in [1.807, 2.05) is 0 Å². The van der Waals surface area contributed by atoms with E-state index in [0.29, 0.717) is 6.54 Å². The van der Waals surface area contributed by atoms with E-state index in [4.69, 9.17) is 5.73 Å². The molecule has 3 nitrogen and oxygen atoms in total. The van der Waals surface area contributed by atoms with Gasteiger partial charge in [-0.15, -0.1) is 12.4 Å². The SMILES string of the molecule is CCc1ccc(C(C)(C)CNC(=O)C2(N)CC2)cc1.Cl. The van der Waals surface area contributed by atoms with Gasteiger partial charge in [-0.25, -0.2) is 0 Å². The Labute approximate surface area is 127 Å². The van der Waals surface area contributed by atoms with E-state index in [1.54, 1.807) is 0 Å². The van der Waals surface area contributed by atoms with Crippen LogP contribution >= 0.6 is 12.4 Å². The zero-order valence-corrected chi connectivity index (χ0v) is 13.3. The molecule has 0 aromatic heterocycles. The monoisotopic (exact) mass is 296 g/mol. The maximum Gasteiger partial charge on any atom is 0.240 e. The highest BCUT2D eigenvalue weighted by Crippen LogP contribution is 2.32. The molecule has 4 heteroatoms. The molecule has 0 unspecified atom stereocenters. The van der Waals surface area contributed by atoms with Crippen molar-refractivity contribution in [3.05, 3.63) is 35.4 Å². The molecule has 1 aromatic rings. The molecular formula is C16H25ClN2O. The lowest BCUT2D eigenvalue weighted by Crippen LogP contribution is -2.46. The topological polar surface area (TPSA) is 55.1 Å². The molecule has 3 N–H and O–H groups in total. The first-order valence-corrected chi connectivity index (χ1v) is 7.04. The molecule has 0 heterocycles. The Bertz CT molecular complexity index is 464. The van der Waals surface area contributed by atoms with Crippen LogP contribution in [-0.2, 0) is 16.6 Å². The van der Waals surface area contributed by atoms with Crippen LogP contribution in [0.15, 0.2) is 24.3 Å². The highest BCUT2D eigenvalue weighted by molar-refractivity contribution is 5.89. The predicted octanol–water partition coefficient (Wildman–Crippen LogP) is 2.56. The van der Waals surface area contributed by atoms with Crippen LogP contribution in [0.25, 0.3) is 0 Å². The molecule has 0 saturated heterocycles. The second-order valence-corrected chi connectivity index (χ2v) is 6.27. The first-order chi connectivity index (χ1) is 8.87. The molecule has 20 heavy (non-hydrogen) atoms. The number of hydrogen-bond donors (Lipinski definition) is 2. The molecule has 0 radical (unpaired) electrons. The summed E-state index contributed by atoms with van der Waals surface area (Å²) in [5, 5.41) is 2.99. The highest BCUT2D eigenvalue weighted by atomic mass is 35.5. The molecule has 2 rings (SSSR count). The third kappa shape index (κ3) is 3.74. The summed E-state index contributed by atoms with van der Waals surface area (Å²) in [5.41, 5.74) is 7.80. The van der Waals surface area contributed by atoms with Crippen molar-refractivity contribution in [3.8, 4) is 0 Å². The van der Waals surface area contributed by atoms with Gasteiger partial charge in [0.05, 0.1) is 5.54 Å². The van der Waals surface area contributed by atoms with Crippen molar-refractivity contribution < 1.29 is 4.79 Å². The van der Waals surface area contributed by atoms with Gasteiger partial charge in [-0.1, -0.05) is 45.0 Å². The summed E-state index contributed by atoms with van der Waals surface area (Å²) < 4.78 is 0. The van der Waals surface area contributed by atoms with Crippen LogP contribution in [0.4, 0.5) is 0 Å². The van der Waals surface area contributed by atoms with E-state index in [2.05, 4.69) is 50.4 Å². The standard InChI is InChI=1S/C16H24N2O.ClH/c1-4-12-5-7-13(8-6-12)15(2,3)11-18-14(19)16(17)9-10-16;/h5-8H,4,9-11,17H2,1-3H3,(H,18,19);1H. The Kier molecular flexibility index (Phi) is 5.22. The van der Waals surface area contributed by atoms with Crippen LogP contribution < -0.4 is 11.1 Å². The van der Waals surface area contributed by atoms with Gasteiger partial charge in [0.1, 0.15) is 0 Å². The maximum atomic E-state index is 11.9. The Morgan fingerprint density at radius 3 is 2.30 bits per heavy atom. The molecule has 0 atom stereocenters. The van der Waals surface area contributed by atoms with Gasteiger partial charge in [0.2, 0.25) is 5.91 Å². The van der Waals surface area contributed by atoms with Crippen LogP contribution in [0.3, 0.4) is 0 Å². The number of carbonyl (C=O) groups excluding carboxylic acids is 1. The van der Waals surface area contributed by atoms with E-state index in [9.17, 15) is 4.79 Å². The molecule has 0 aliphatic heterocycles. The van der Waals surface area contributed by atoms with Gasteiger partial charge in [-0.3, -0.25) is 4.79 Å². The van der Waals surface area contributed by atoms with Crippen molar-refractivity contribution in [2.24, 2.45) is 5.73 Å². The highest BCUT2D eigenvalue weighted by Gasteiger charge is 2.46. The van der Waals surface area contributed by atoms with Crippen LogP contribution in [0.5, 0.6) is 0 Å². The normalized spacial score (nSPS) is 16.2. The van der Waals surface area contributed by atoms with Gasteiger partial charge < -0.3 is 11.1 Å². The van der Waals surface area contributed by atoms with E-state index in [0.717, 1.165) is 19.3 Å². The second-order valence-electron chi connectivity index (χ2n) is 6.27. The number of halogens is 1. The lowest BCUT2D eigenvalue weighted by Gasteiger charge is -2.26. The smallest absolute Gasteiger partial charge is 0.240 e. The largest absolute Gasteiger partial charge is 0.354 e. The number of aryl methyl sites for hydroxylation is 1. The molecule has 112 valence electrons. The number of hydrogen-bond acceptors (Lipinski definition) is 2. The summed E-state index contributed by atoms with van der Waals surface area (Å²) in [4.78, 5) is 11.9. The van der Waals surface area contributed by atoms with Crippen LogP contribution in [0.1, 0.15) is 44.7 Å². The maximum absolute atomic E-state index is 11.9. The van der Waals surface area contributed by atoms with Gasteiger partial charge >= 0.3 is 0 Å². The lowest BCUT2D eigenvalue weighted by atomic mass is 9.84. The van der Waals surface area contributed by atoms with Gasteiger partial charge in [0.15, 0.2) is 0 Å². The predicted molar refractivity (Wildman–Crippen MR) is 85.3 cm³/mol.